The van der Waals surface area contributed by atoms with Gasteiger partial charge >= 0.3 is 12.1 Å². The minimum absolute atomic E-state index is 0.123. The highest BCUT2D eigenvalue weighted by Gasteiger charge is 2.23. The predicted molar refractivity (Wildman–Crippen MR) is 122 cm³/mol. The summed E-state index contributed by atoms with van der Waals surface area (Å²) in [6.45, 7) is 1.81. The monoisotopic (exact) mass is 465 g/mol. The van der Waals surface area contributed by atoms with Crippen molar-refractivity contribution in [3.05, 3.63) is 71.1 Å². The topological polar surface area (TPSA) is 109 Å². The molecule has 0 aliphatic carbocycles. The normalized spacial score (nSPS) is 10.6. The minimum Gasteiger partial charge on any atom is -0.465 e. The Morgan fingerprint density at radius 1 is 1.03 bits per heavy atom. The molecule has 2 heterocycles. The number of fused-ring (bicyclic) bond motifs is 1. The quantitative estimate of drug-likeness (QED) is 0.402. The summed E-state index contributed by atoms with van der Waals surface area (Å²) in [4.78, 5) is 37.5. The molecule has 2 aromatic heterocycles. The van der Waals surface area contributed by atoms with Crippen molar-refractivity contribution in [2.45, 2.75) is 6.92 Å². The molecule has 0 atom stereocenters. The number of benzene rings is 2. The summed E-state index contributed by atoms with van der Waals surface area (Å²) in [5, 5.41) is 6.89. The summed E-state index contributed by atoms with van der Waals surface area (Å²) in [7, 11) is 1.26. The standard InChI is InChI=1S/C23H19N3O6S/c1-3-31-23(29)26-17-13-18(22(28)30-2)33-19(17)20(25-26)24-21(27)14-8-7-11-16(12-14)32-15-9-5-4-6-10-15/h4-13H,3H2,1-2H3,(H,24,25,27). The molecule has 0 aliphatic heterocycles. The number of amides is 1. The number of carbonyl (C=O) groups excluding carboxylic acids is 3. The van der Waals surface area contributed by atoms with E-state index in [1.54, 1.807) is 43.3 Å². The molecule has 2 aromatic carbocycles. The Labute approximate surface area is 192 Å². The number of nitrogens with one attached hydrogen (secondary N) is 1. The maximum absolute atomic E-state index is 12.9. The van der Waals surface area contributed by atoms with Crippen LogP contribution in [0.4, 0.5) is 10.6 Å². The van der Waals surface area contributed by atoms with Crippen LogP contribution in [0.5, 0.6) is 11.5 Å². The number of nitrogens with zero attached hydrogens (tertiary/aromatic N) is 2. The molecule has 4 rings (SSSR count). The summed E-state index contributed by atoms with van der Waals surface area (Å²) in [6.07, 6.45) is -0.726. The van der Waals surface area contributed by atoms with Gasteiger partial charge in [-0.05, 0) is 43.3 Å². The number of anilines is 1. The van der Waals surface area contributed by atoms with Gasteiger partial charge < -0.3 is 19.5 Å². The lowest BCUT2D eigenvalue weighted by Crippen LogP contribution is -2.17. The van der Waals surface area contributed by atoms with Gasteiger partial charge in [0.05, 0.1) is 23.9 Å². The lowest BCUT2D eigenvalue weighted by molar-refractivity contribution is 0.0606. The largest absolute Gasteiger partial charge is 0.465 e. The molecular formula is C23H19N3O6S. The molecule has 0 fully saturated rings. The number of aromatic nitrogens is 2. The van der Waals surface area contributed by atoms with Gasteiger partial charge in [0.1, 0.15) is 16.4 Å². The molecule has 33 heavy (non-hydrogen) atoms. The summed E-state index contributed by atoms with van der Waals surface area (Å²) in [6, 6.07) is 17.3. The Kier molecular flexibility index (Phi) is 6.36. The van der Waals surface area contributed by atoms with E-state index in [2.05, 4.69) is 10.4 Å². The lowest BCUT2D eigenvalue weighted by Gasteiger charge is -2.07. The Bertz CT molecular complexity index is 1330. The van der Waals surface area contributed by atoms with E-state index in [-0.39, 0.29) is 17.3 Å². The number of para-hydroxylation sites is 1. The van der Waals surface area contributed by atoms with Crippen LogP contribution in [0.1, 0.15) is 27.0 Å². The van der Waals surface area contributed by atoms with Gasteiger partial charge in [-0.1, -0.05) is 24.3 Å². The number of carbonyl (C=O) groups is 3. The van der Waals surface area contributed by atoms with E-state index in [1.165, 1.54) is 13.2 Å². The third kappa shape index (κ3) is 4.70. The van der Waals surface area contributed by atoms with Crippen LogP contribution in [0.25, 0.3) is 10.2 Å². The molecule has 0 unspecified atom stereocenters. The summed E-state index contributed by atoms with van der Waals surface area (Å²) < 4.78 is 17.0. The van der Waals surface area contributed by atoms with E-state index < -0.39 is 18.0 Å². The smallest absolute Gasteiger partial charge is 0.435 e. The molecular weight excluding hydrogens is 446 g/mol. The Morgan fingerprint density at radius 2 is 1.79 bits per heavy atom. The maximum Gasteiger partial charge on any atom is 0.435 e. The Hall–Kier alpha value is -4.18. The van der Waals surface area contributed by atoms with Crippen LogP contribution in [0.15, 0.2) is 60.7 Å². The van der Waals surface area contributed by atoms with Gasteiger partial charge in [-0.25, -0.2) is 9.59 Å². The SMILES string of the molecule is CCOC(=O)n1nc(NC(=O)c2cccc(Oc3ccccc3)c2)c2sc(C(=O)OC)cc21. The average Bonchev–Trinajstić information content (AvgIpc) is 3.40. The number of rotatable bonds is 6. The van der Waals surface area contributed by atoms with Crippen molar-refractivity contribution >= 4 is 45.3 Å². The zero-order valence-corrected chi connectivity index (χ0v) is 18.5. The van der Waals surface area contributed by atoms with Crippen LogP contribution >= 0.6 is 11.3 Å². The fraction of sp³-hybridized carbons (Fsp3) is 0.130. The van der Waals surface area contributed by atoms with Crippen LogP contribution in [-0.2, 0) is 9.47 Å². The van der Waals surface area contributed by atoms with Crippen LogP contribution in [0.3, 0.4) is 0 Å². The zero-order chi connectivity index (χ0) is 23.4. The molecule has 0 radical (unpaired) electrons. The average molecular weight is 465 g/mol. The fourth-order valence-electron chi connectivity index (χ4n) is 3.02. The predicted octanol–water partition coefficient (Wildman–Crippen LogP) is 4.93. The van der Waals surface area contributed by atoms with Gasteiger partial charge in [-0.15, -0.1) is 16.4 Å². The number of esters is 1. The first-order valence-corrected chi connectivity index (χ1v) is 10.7. The molecule has 0 aliphatic rings. The zero-order valence-electron chi connectivity index (χ0n) is 17.7. The van der Waals surface area contributed by atoms with E-state index in [4.69, 9.17) is 14.2 Å². The molecule has 0 saturated carbocycles. The van der Waals surface area contributed by atoms with Gasteiger partial charge in [-0.3, -0.25) is 4.79 Å². The lowest BCUT2D eigenvalue weighted by atomic mass is 10.2. The highest BCUT2D eigenvalue weighted by atomic mass is 32.1. The molecule has 10 heteroatoms. The van der Waals surface area contributed by atoms with Gasteiger partial charge in [0.2, 0.25) is 0 Å². The van der Waals surface area contributed by atoms with Crippen LogP contribution in [-0.4, -0.2) is 41.5 Å². The number of hydrogen-bond donors (Lipinski definition) is 1. The first-order valence-electron chi connectivity index (χ1n) is 9.92. The van der Waals surface area contributed by atoms with Crippen molar-refractivity contribution < 1.29 is 28.6 Å². The molecule has 1 amide bonds. The first-order chi connectivity index (χ1) is 16.0. The molecule has 0 spiro atoms. The van der Waals surface area contributed by atoms with Crippen LogP contribution in [0.2, 0.25) is 0 Å². The van der Waals surface area contributed by atoms with E-state index in [9.17, 15) is 14.4 Å². The van der Waals surface area contributed by atoms with Gasteiger partial charge in [-0.2, -0.15) is 4.68 Å². The van der Waals surface area contributed by atoms with Crippen molar-refractivity contribution in [3.63, 3.8) is 0 Å². The van der Waals surface area contributed by atoms with E-state index >= 15 is 0 Å². The molecule has 1 N–H and O–H groups in total. The third-order valence-corrected chi connectivity index (χ3v) is 5.60. The van der Waals surface area contributed by atoms with Crippen LogP contribution < -0.4 is 10.1 Å². The number of thiophene rings is 1. The summed E-state index contributed by atoms with van der Waals surface area (Å²) >= 11 is 1.05. The maximum atomic E-state index is 12.9. The number of hydrogen-bond acceptors (Lipinski definition) is 8. The van der Waals surface area contributed by atoms with E-state index in [0.29, 0.717) is 27.3 Å². The molecule has 4 aromatic rings. The van der Waals surface area contributed by atoms with Crippen LogP contribution in [0, 0.1) is 0 Å². The van der Waals surface area contributed by atoms with Gasteiger partial charge in [0.25, 0.3) is 5.91 Å². The highest BCUT2D eigenvalue weighted by molar-refractivity contribution is 7.21. The minimum atomic E-state index is -0.726. The Balaban J connectivity index is 1.63. The van der Waals surface area contributed by atoms with Crippen molar-refractivity contribution in [2.24, 2.45) is 0 Å². The summed E-state index contributed by atoms with van der Waals surface area (Å²) in [5.74, 6) is 0.225. The number of methoxy groups -OCH3 is 1. The van der Waals surface area contributed by atoms with Crippen molar-refractivity contribution in [1.82, 2.24) is 9.78 Å². The second-order valence-electron chi connectivity index (χ2n) is 6.67. The highest BCUT2D eigenvalue weighted by Crippen LogP contribution is 2.33. The van der Waals surface area contributed by atoms with Gasteiger partial charge in [0.15, 0.2) is 5.82 Å². The third-order valence-electron chi connectivity index (χ3n) is 4.49. The van der Waals surface area contributed by atoms with Crippen molar-refractivity contribution in [2.75, 3.05) is 19.0 Å². The molecule has 0 saturated heterocycles. The van der Waals surface area contributed by atoms with Crippen molar-refractivity contribution in [3.8, 4) is 11.5 Å². The first kappa shape index (κ1) is 22.0. The molecule has 9 nitrogen and oxygen atoms in total. The second-order valence-corrected chi connectivity index (χ2v) is 7.73. The van der Waals surface area contributed by atoms with Crippen molar-refractivity contribution in [1.29, 1.82) is 0 Å². The second kappa shape index (κ2) is 9.53. The Morgan fingerprint density at radius 3 is 2.52 bits per heavy atom. The van der Waals surface area contributed by atoms with E-state index in [0.717, 1.165) is 16.0 Å². The van der Waals surface area contributed by atoms with E-state index in [1.807, 2.05) is 18.2 Å². The molecule has 168 valence electrons. The van der Waals surface area contributed by atoms with Gasteiger partial charge in [0, 0.05) is 5.56 Å². The summed E-state index contributed by atoms with van der Waals surface area (Å²) in [5.41, 5.74) is 0.655. The molecule has 0 bridgehead atoms. The fourth-order valence-corrected chi connectivity index (χ4v) is 4.02. The number of ether oxygens (including phenoxy) is 3.